The van der Waals surface area contributed by atoms with E-state index in [0.717, 1.165) is 5.56 Å². The SMILES string of the molecule is N#Cc1cc(N)ccc1NCC(O)c1ccccc1. The van der Waals surface area contributed by atoms with Crippen molar-refractivity contribution in [3.8, 4) is 6.07 Å². The lowest BCUT2D eigenvalue weighted by Gasteiger charge is -2.14. The Balaban J connectivity index is 2.05. The van der Waals surface area contributed by atoms with E-state index in [1.165, 1.54) is 0 Å². The predicted molar refractivity (Wildman–Crippen MR) is 75.5 cm³/mol. The van der Waals surface area contributed by atoms with Crippen LogP contribution in [-0.4, -0.2) is 11.7 Å². The van der Waals surface area contributed by atoms with E-state index in [2.05, 4.69) is 11.4 Å². The monoisotopic (exact) mass is 253 g/mol. The van der Waals surface area contributed by atoms with Crippen molar-refractivity contribution < 1.29 is 5.11 Å². The first-order chi connectivity index (χ1) is 9.20. The highest BCUT2D eigenvalue weighted by Gasteiger charge is 2.08. The second kappa shape index (κ2) is 5.89. The molecule has 2 aromatic rings. The Labute approximate surface area is 112 Å². The molecule has 0 bridgehead atoms. The minimum Gasteiger partial charge on any atom is -0.399 e. The van der Waals surface area contributed by atoms with Crippen molar-refractivity contribution in [2.24, 2.45) is 0 Å². The summed E-state index contributed by atoms with van der Waals surface area (Å²) in [6, 6.07) is 16.5. The van der Waals surface area contributed by atoms with Gasteiger partial charge in [-0.3, -0.25) is 0 Å². The van der Waals surface area contributed by atoms with Crippen LogP contribution in [0.25, 0.3) is 0 Å². The Morgan fingerprint density at radius 2 is 1.95 bits per heavy atom. The first kappa shape index (κ1) is 12.9. The molecule has 0 amide bonds. The van der Waals surface area contributed by atoms with Crippen LogP contribution in [0.3, 0.4) is 0 Å². The molecule has 0 saturated heterocycles. The van der Waals surface area contributed by atoms with Crippen molar-refractivity contribution in [2.75, 3.05) is 17.6 Å². The molecule has 0 radical (unpaired) electrons. The Morgan fingerprint density at radius 1 is 1.21 bits per heavy atom. The quantitative estimate of drug-likeness (QED) is 0.730. The summed E-state index contributed by atoms with van der Waals surface area (Å²) in [5, 5.41) is 22.1. The first-order valence-corrected chi connectivity index (χ1v) is 5.97. The molecule has 0 aliphatic heterocycles. The van der Waals surface area contributed by atoms with Gasteiger partial charge in [0, 0.05) is 12.2 Å². The number of anilines is 2. The smallest absolute Gasteiger partial charge is 0.101 e. The van der Waals surface area contributed by atoms with Gasteiger partial charge in [-0.15, -0.1) is 0 Å². The maximum atomic E-state index is 10.0. The highest BCUT2D eigenvalue weighted by molar-refractivity contribution is 5.63. The van der Waals surface area contributed by atoms with E-state index in [1.807, 2.05) is 30.3 Å². The number of nitrogens with zero attached hydrogens (tertiary/aromatic N) is 1. The highest BCUT2D eigenvalue weighted by Crippen LogP contribution is 2.19. The summed E-state index contributed by atoms with van der Waals surface area (Å²) in [6.45, 7) is 0.336. The van der Waals surface area contributed by atoms with Crippen LogP contribution >= 0.6 is 0 Å². The first-order valence-electron chi connectivity index (χ1n) is 5.97. The standard InChI is InChI=1S/C15H15N3O/c16-9-12-8-13(17)6-7-14(12)18-10-15(19)11-4-2-1-3-5-11/h1-8,15,18-19H,10,17H2. The van der Waals surface area contributed by atoms with Gasteiger partial charge >= 0.3 is 0 Å². The van der Waals surface area contributed by atoms with Gasteiger partial charge in [-0.25, -0.2) is 0 Å². The topological polar surface area (TPSA) is 82.1 Å². The van der Waals surface area contributed by atoms with Crippen molar-refractivity contribution in [3.63, 3.8) is 0 Å². The van der Waals surface area contributed by atoms with E-state index in [0.29, 0.717) is 23.5 Å². The molecule has 4 heteroatoms. The van der Waals surface area contributed by atoms with E-state index in [1.54, 1.807) is 18.2 Å². The molecule has 1 unspecified atom stereocenters. The van der Waals surface area contributed by atoms with E-state index in [9.17, 15) is 5.11 Å². The van der Waals surface area contributed by atoms with Gasteiger partial charge in [0.1, 0.15) is 6.07 Å². The normalized spacial score (nSPS) is 11.6. The van der Waals surface area contributed by atoms with Crippen LogP contribution in [0.1, 0.15) is 17.2 Å². The van der Waals surface area contributed by atoms with Gasteiger partial charge in [0.25, 0.3) is 0 Å². The second-order valence-electron chi connectivity index (χ2n) is 4.22. The molecular weight excluding hydrogens is 238 g/mol. The Hall–Kier alpha value is -2.51. The number of hydrogen-bond acceptors (Lipinski definition) is 4. The van der Waals surface area contributed by atoms with Crippen molar-refractivity contribution in [3.05, 3.63) is 59.7 Å². The van der Waals surface area contributed by atoms with Crippen LogP contribution < -0.4 is 11.1 Å². The summed E-state index contributed by atoms with van der Waals surface area (Å²) in [5.41, 5.74) is 8.15. The minimum atomic E-state index is -0.620. The molecule has 2 aromatic carbocycles. The molecule has 19 heavy (non-hydrogen) atoms. The van der Waals surface area contributed by atoms with Gasteiger partial charge in [-0.2, -0.15) is 5.26 Å². The highest BCUT2D eigenvalue weighted by atomic mass is 16.3. The fourth-order valence-electron chi connectivity index (χ4n) is 1.81. The van der Waals surface area contributed by atoms with Crippen LogP contribution in [-0.2, 0) is 0 Å². The molecule has 0 aliphatic carbocycles. The number of aliphatic hydroxyl groups is 1. The summed E-state index contributed by atoms with van der Waals surface area (Å²) < 4.78 is 0. The van der Waals surface area contributed by atoms with Crippen LogP contribution in [0.5, 0.6) is 0 Å². The molecule has 0 spiro atoms. The molecule has 0 fully saturated rings. The molecular formula is C15H15N3O. The van der Waals surface area contributed by atoms with E-state index in [4.69, 9.17) is 11.0 Å². The summed E-state index contributed by atoms with van der Waals surface area (Å²) in [6.07, 6.45) is -0.620. The molecule has 0 aromatic heterocycles. The fraction of sp³-hybridized carbons (Fsp3) is 0.133. The number of benzene rings is 2. The number of nitrogen functional groups attached to an aromatic ring is 1. The number of nitrogens with one attached hydrogen (secondary N) is 1. The number of nitrogens with two attached hydrogens (primary N) is 1. The van der Waals surface area contributed by atoms with E-state index in [-0.39, 0.29) is 0 Å². The van der Waals surface area contributed by atoms with Crippen molar-refractivity contribution in [1.29, 1.82) is 5.26 Å². The number of rotatable bonds is 4. The second-order valence-corrected chi connectivity index (χ2v) is 4.22. The van der Waals surface area contributed by atoms with Crippen LogP contribution in [0.4, 0.5) is 11.4 Å². The lowest BCUT2D eigenvalue weighted by Crippen LogP contribution is -2.12. The number of nitriles is 1. The van der Waals surface area contributed by atoms with E-state index < -0.39 is 6.10 Å². The third-order valence-corrected chi connectivity index (χ3v) is 2.83. The Morgan fingerprint density at radius 3 is 2.63 bits per heavy atom. The Bertz CT molecular complexity index is 590. The van der Waals surface area contributed by atoms with Crippen LogP contribution in [0.2, 0.25) is 0 Å². The maximum absolute atomic E-state index is 10.0. The molecule has 96 valence electrons. The summed E-state index contributed by atoms with van der Waals surface area (Å²) in [5.74, 6) is 0. The van der Waals surface area contributed by atoms with E-state index >= 15 is 0 Å². The van der Waals surface area contributed by atoms with Gasteiger partial charge in [0.2, 0.25) is 0 Å². The molecule has 0 aliphatic rings. The molecule has 0 heterocycles. The Kier molecular flexibility index (Phi) is 4.01. The third kappa shape index (κ3) is 3.24. The number of aliphatic hydroxyl groups excluding tert-OH is 1. The lowest BCUT2D eigenvalue weighted by atomic mass is 10.1. The minimum absolute atomic E-state index is 0.336. The third-order valence-electron chi connectivity index (χ3n) is 2.83. The van der Waals surface area contributed by atoms with Crippen molar-refractivity contribution in [2.45, 2.75) is 6.10 Å². The van der Waals surface area contributed by atoms with Gasteiger partial charge in [0.05, 0.1) is 17.4 Å². The molecule has 4 nitrogen and oxygen atoms in total. The molecule has 0 saturated carbocycles. The van der Waals surface area contributed by atoms with Crippen LogP contribution in [0, 0.1) is 11.3 Å². The maximum Gasteiger partial charge on any atom is 0.101 e. The average Bonchev–Trinajstić information content (AvgIpc) is 2.46. The zero-order valence-corrected chi connectivity index (χ0v) is 10.4. The summed E-state index contributed by atoms with van der Waals surface area (Å²) >= 11 is 0. The summed E-state index contributed by atoms with van der Waals surface area (Å²) in [7, 11) is 0. The zero-order chi connectivity index (χ0) is 13.7. The molecule has 1 atom stereocenters. The van der Waals surface area contributed by atoms with Gasteiger partial charge in [-0.05, 0) is 23.8 Å². The fourth-order valence-corrected chi connectivity index (χ4v) is 1.81. The number of hydrogen-bond donors (Lipinski definition) is 3. The zero-order valence-electron chi connectivity index (χ0n) is 10.4. The lowest BCUT2D eigenvalue weighted by molar-refractivity contribution is 0.191. The summed E-state index contributed by atoms with van der Waals surface area (Å²) in [4.78, 5) is 0. The molecule has 4 N–H and O–H groups in total. The predicted octanol–water partition coefficient (Wildman–Crippen LogP) is 2.29. The van der Waals surface area contributed by atoms with Crippen molar-refractivity contribution in [1.82, 2.24) is 0 Å². The largest absolute Gasteiger partial charge is 0.399 e. The van der Waals surface area contributed by atoms with Gasteiger partial charge in [0.15, 0.2) is 0 Å². The van der Waals surface area contributed by atoms with Gasteiger partial charge < -0.3 is 16.2 Å². The van der Waals surface area contributed by atoms with Crippen LogP contribution in [0.15, 0.2) is 48.5 Å². The van der Waals surface area contributed by atoms with Gasteiger partial charge in [-0.1, -0.05) is 30.3 Å². The average molecular weight is 253 g/mol. The molecule has 2 rings (SSSR count). The van der Waals surface area contributed by atoms with Crippen molar-refractivity contribution >= 4 is 11.4 Å².